The van der Waals surface area contributed by atoms with Gasteiger partial charge in [0.1, 0.15) is 0 Å². The largest absolute Gasteiger partial charge is 0.378 e. The molecule has 0 bridgehead atoms. The van der Waals surface area contributed by atoms with E-state index in [1.165, 1.54) is 12.1 Å². The topological polar surface area (TPSA) is 89.7 Å². The molecule has 1 aromatic carbocycles. The van der Waals surface area contributed by atoms with Crippen LogP contribution < -0.4 is 0 Å². The molecule has 74 valence electrons. The van der Waals surface area contributed by atoms with Gasteiger partial charge in [-0.1, -0.05) is 30.3 Å². The molecule has 1 atom stereocenters. The Kier molecular flexibility index (Phi) is 3.14. The van der Waals surface area contributed by atoms with Gasteiger partial charge in [0.25, 0.3) is 0 Å². The van der Waals surface area contributed by atoms with E-state index in [9.17, 15) is 20.0 Å². The highest BCUT2D eigenvalue weighted by Gasteiger charge is 2.20. The van der Waals surface area contributed by atoms with E-state index in [-0.39, 0.29) is 5.56 Å². The number of aliphatic hydroxyl groups excluding tert-OH is 1. The molecule has 0 fully saturated rings. The van der Waals surface area contributed by atoms with E-state index in [4.69, 9.17) is 0 Å². The van der Waals surface area contributed by atoms with Crippen LogP contribution in [0, 0.1) is 10.1 Å². The average molecular weight is 197 g/mol. The molecular formula is C8H7NO5. The van der Waals surface area contributed by atoms with E-state index >= 15 is 0 Å². The normalized spacial score (nSPS) is 11.8. The molecule has 0 aliphatic carbocycles. The molecule has 14 heavy (non-hydrogen) atoms. The van der Waals surface area contributed by atoms with Crippen LogP contribution in [-0.4, -0.2) is 16.2 Å². The van der Waals surface area contributed by atoms with Crippen molar-refractivity contribution in [2.45, 2.75) is 6.10 Å². The molecule has 0 aliphatic rings. The minimum Gasteiger partial charge on any atom is -0.378 e. The smallest absolute Gasteiger partial charge is 0.336 e. The number of carbonyl (C=O) groups excluding carboxylic acids is 1. The number of hydrogen-bond acceptors (Lipinski definition) is 5. The van der Waals surface area contributed by atoms with Crippen LogP contribution in [-0.2, 0) is 9.63 Å². The van der Waals surface area contributed by atoms with E-state index in [0.29, 0.717) is 0 Å². The minimum absolute atomic E-state index is 0.249. The lowest BCUT2D eigenvalue weighted by Gasteiger charge is -2.06. The number of rotatable bonds is 3. The quantitative estimate of drug-likeness (QED) is 0.561. The number of carbonyl (C=O) groups is 1. The third-order valence-electron chi connectivity index (χ3n) is 1.50. The molecule has 1 aromatic rings. The number of aliphatic hydroxyl groups is 1. The van der Waals surface area contributed by atoms with Gasteiger partial charge in [0, 0.05) is 0 Å². The molecule has 1 rings (SSSR count). The highest BCUT2D eigenvalue weighted by atomic mass is 17.0. The fraction of sp³-hybridized carbons (Fsp3) is 0.125. The summed E-state index contributed by atoms with van der Waals surface area (Å²) in [5, 5.41) is 17.8. The molecule has 0 amide bonds. The zero-order valence-electron chi connectivity index (χ0n) is 6.99. The van der Waals surface area contributed by atoms with Crippen LogP contribution in [0.4, 0.5) is 0 Å². The van der Waals surface area contributed by atoms with E-state index < -0.39 is 17.2 Å². The minimum atomic E-state index is -1.62. The Morgan fingerprint density at radius 3 is 2.50 bits per heavy atom. The first-order chi connectivity index (χ1) is 6.61. The van der Waals surface area contributed by atoms with Gasteiger partial charge in [0.2, 0.25) is 0 Å². The average Bonchev–Trinajstić information content (AvgIpc) is 2.17. The van der Waals surface area contributed by atoms with Crippen molar-refractivity contribution in [3.05, 3.63) is 46.0 Å². The van der Waals surface area contributed by atoms with Gasteiger partial charge >= 0.3 is 11.1 Å². The Morgan fingerprint density at radius 1 is 1.43 bits per heavy atom. The molecule has 0 radical (unpaired) electrons. The Labute approximate surface area is 78.8 Å². The monoisotopic (exact) mass is 197 g/mol. The summed E-state index contributed by atoms with van der Waals surface area (Å²) in [7, 11) is 0. The van der Waals surface area contributed by atoms with Gasteiger partial charge in [-0.15, -0.1) is 10.1 Å². The first kappa shape index (κ1) is 10.1. The molecule has 6 heteroatoms. The second-order valence-corrected chi connectivity index (χ2v) is 2.45. The third kappa shape index (κ3) is 2.53. The number of hydrogen-bond donors (Lipinski definition) is 1. The predicted octanol–water partition coefficient (Wildman–Crippen LogP) is 0.455. The van der Waals surface area contributed by atoms with E-state index in [2.05, 4.69) is 4.84 Å². The molecule has 0 aromatic heterocycles. The predicted molar refractivity (Wildman–Crippen MR) is 44.5 cm³/mol. The maximum Gasteiger partial charge on any atom is 0.336 e. The Hall–Kier alpha value is -1.95. The number of nitrogens with zero attached hydrogens (tertiary/aromatic N) is 1. The second kappa shape index (κ2) is 4.33. The lowest BCUT2D eigenvalue weighted by molar-refractivity contribution is -0.730. The van der Waals surface area contributed by atoms with Crippen LogP contribution >= 0.6 is 0 Å². The van der Waals surface area contributed by atoms with Crippen molar-refractivity contribution in [3.63, 3.8) is 0 Å². The SMILES string of the molecule is O=C(O[N+](=O)[O-])[C@H](O)c1ccccc1. The maximum atomic E-state index is 10.8. The highest BCUT2D eigenvalue weighted by molar-refractivity contribution is 5.75. The van der Waals surface area contributed by atoms with Crippen molar-refractivity contribution in [1.82, 2.24) is 0 Å². The molecule has 0 aliphatic heterocycles. The standard InChI is InChI=1S/C8H7NO5/c10-7(8(11)14-9(12)13)6-4-2-1-3-5-6/h1-5,7,10H/t7-/m1/s1. The van der Waals surface area contributed by atoms with Gasteiger partial charge in [-0.2, -0.15) is 0 Å². The second-order valence-electron chi connectivity index (χ2n) is 2.45. The van der Waals surface area contributed by atoms with Crippen molar-refractivity contribution >= 4 is 5.97 Å². The zero-order valence-corrected chi connectivity index (χ0v) is 6.99. The summed E-state index contributed by atoms with van der Waals surface area (Å²) < 4.78 is 0. The van der Waals surface area contributed by atoms with Gasteiger partial charge in [0.15, 0.2) is 6.10 Å². The van der Waals surface area contributed by atoms with Gasteiger partial charge in [-0.25, -0.2) is 4.84 Å². The van der Waals surface area contributed by atoms with Gasteiger partial charge in [0.05, 0.1) is 0 Å². The molecular weight excluding hydrogens is 190 g/mol. The first-order valence-corrected chi connectivity index (χ1v) is 3.70. The van der Waals surface area contributed by atoms with E-state index in [1.54, 1.807) is 18.2 Å². The first-order valence-electron chi connectivity index (χ1n) is 3.70. The van der Waals surface area contributed by atoms with Crippen LogP contribution in [0.15, 0.2) is 30.3 Å². The van der Waals surface area contributed by atoms with E-state index in [1.807, 2.05) is 0 Å². The van der Waals surface area contributed by atoms with Crippen molar-refractivity contribution in [2.75, 3.05) is 0 Å². The van der Waals surface area contributed by atoms with Crippen LogP contribution in [0.25, 0.3) is 0 Å². The third-order valence-corrected chi connectivity index (χ3v) is 1.50. The summed E-state index contributed by atoms with van der Waals surface area (Å²) in [5.74, 6) is -1.30. The highest BCUT2D eigenvalue weighted by Crippen LogP contribution is 2.13. The van der Waals surface area contributed by atoms with Crippen LogP contribution in [0.1, 0.15) is 11.7 Å². The fourth-order valence-electron chi connectivity index (χ4n) is 0.895. The van der Waals surface area contributed by atoms with Crippen molar-refractivity contribution in [3.8, 4) is 0 Å². The molecule has 1 N–H and O–H groups in total. The van der Waals surface area contributed by atoms with Gasteiger partial charge in [-0.05, 0) is 5.56 Å². The summed E-state index contributed by atoms with van der Waals surface area (Å²) in [6.45, 7) is 0. The lowest BCUT2D eigenvalue weighted by Crippen LogP contribution is -2.18. The summed E-state index contributed by atoms with van der Waals surface area (Å²) in [6.07, 6.45) is -1.62. The van der Waals surface area contributed by atoms with Crippen LogP contribution in [0.2, 0.25) is 0 Å². The Morgan fingerprint density at radius 2 is 2.00 bits per heavy atom. The zero-order chi connectivity index (χ0) is 10.6. The summed E-state index contributed by atoms with van der Waals surface area (Å²) in [4.78, 5) is 24.2. The molecule has 0 saturated carbocycles. The summed E-state index contributed by atoms with van der Waals surface area (Å²) >= 11 is 0. The van der Waals surface area contributed by atoms with Crippen molar-refractivity contribution in [1.29, 1.82) is 0 Å². The van der Waals surface area contributed by atoms with Crippen LogP contribution in [0.3, 0.4) is 0 Å². The van der Waals surface area contributed by atoms with Gasteiger partial charge < -0.3 is 5.11 Å². The summed E-state index contributed by atoms with van der Waals surface area (Å²) in [6, 6.07) is 7.81. The Balaban J connectivity index is 2.71. The molecule has 6 nitrogen and oxygen atoms in total. The van der Waals surface area contributed by atoms with Crippen molar-refractivity contribution in [2.24, 2.45) is 0 Å². The fourth-order valence-corrected chi connectivity index (χ4v) is 0.895. The Bertz CT molecular complexity index is 337. The summed E-state index contributed by atoms with van der Waals surface area (Å²) in [5.41, 5.74) is 0.249. The molecule has 0 heterocycles. The van der Waals surface area contributed by atoms with Crippen molar-refractivity contribution < 1.29 is 19.8 Å². The molecule has 0 unspecified atom stereocenters. The molecule has 0 spiro atoms. The van der Waals surface area contributed by atoms with Crippen LogP contribution in [0.5, 0.6) is 0 Å². The lowest BCUT2D eigenvalue weighted by atomic mass is 10.1. The number of benzene rings is 1. The van der Waals surface area contributed by atoms with Gasteiger partial charge in [-0.3, -0.25) is 4.79 Å². The maximum absolute atomic E-state index is 10.8. The van der Waals surface area contributed by atoms with E-state index in [0.717, 1.165) is 0 Å². The molecule has 0 saturated heterocycles.